The van der Waals surface area contributed by atoms with Crippen molar-refractivity contribution < 1.29 is 14.3 Å². The van der Waals surface area contributed by atoms with Crippen LogP contribution in [0.3, 0.4) is 0 Å². The molecule has 13 heavy (non-hydrogen) atoms. The fraction of sp³-hybridized carbons (Fsp3) is 0.111. The van der Waals surface area contributed by atoms with E-state index >= 15 is 0 Å². The van der Waals surface area contributed by atoms with E-state index in [0.29, 0.717) is 16.3 Å². The van der Waals surface area contributed by atoms with Crippen molar-refractivity contribution in [3.8, 4) is 0 Å². The SMILES string of the molecule is COC(=O)c1cccc(Br)c1C=O. The molecule has 0 N–H and O–H groups in total. The van der Waals surface area contributed by atoms with Gasteiger partial charge in [-0.1, -0.05) is 22.0 Å². The maximum absolute atomic E-state index is 11.1. The minimum absolute atomic E-state index is 0.270. The quantitative estimate of drug-likeness (QED) is 0.589. The Kier molecular flexibility index (Phi) is 3.19. The lowest BCUT2D eigenvalue weighted by Crippen LogP contribution is -2.05. The molecule has 0 spiro atoms. The van der Waals surface area contributed by atoms with E-state index in [1.54, 1.807) is 18.2 Å². The molecule has 0 heterocycles. The monoisotopic (exact) mass is 242 g/mol. The minimum atomic E-state index is -0.511. The molecule has 0 atom stereocenters. The maximum Gasteiger partial charge on any atom is 0.338 e. The summed E-state index contributed by atoms with van der Waals surface area (Å²) in [5.41, 5.74) is 0.584. The number of methoxy groups -OCH3 is 1. The number of esters is 1. The smallest absolute Gasteiger partial charge is 0.338 e. The molecule has 4 heteroatoms. The highest BCUT2D eigenvalue weighted by Crippen LogP contribution is 2.19. The van der Waals surface area contributed by atoms with Gasteiger partial charge in [0.1, 0.15) is 0 Å². The topological polar surface area (TPSA) is 43.4 Å². The zero-order chi connectivity index (χ0) is 9.84. The van der Waals surface area contributed by atoms with Gasteiger partial charge in [0.05, 0.1) is 12.7 Å². The van der Waals surface area contributed by atoms with Gasteiger partial charge in [0.25, 0.3) is 0 Å². The van der Waals surface area contributed by atoms with E-state index in [9.17, 15) is 9.59 Å². The summed E-state index contributed by atoms with van der Waals surface area (Å²) in [4.78, 5) is 21.8. The summed E-state index contributed by atoms with van der Waals surface area (Å²) < 4.78 is 5.10. The molecule has 0 aliphatic heterocycles. The van der Waals surface area contributed by atoms with Crippen molar-refractivity contribution in [2.45, 2.75) is 0 Å². The van der Waals surface area contributed by atoms with Crippen molar-refractivity contribution in [1.82, 2.24) is 0 Å². The summed E-state index contributed by atoms with van der Waals surface area (Å²) in [6, 6.07) is 4.90. The second-order valence-electron chi connectivity index (χ2n) is 2.31. The molecule has 0 saturated carbocycles. The van der Waals surface area contributed by atoms with Crippen molar-refractivity contribution in [2.24, 2.45) is 0 Å². The molecule has 0 saturated heterocycles. The number of halogens is 1. The fourth-order valence-electron chi connectivity index (χ4n) is 0.945. The third-order valence-corrected chi connectivity index (χ3v) is 2.27. The molecular weight excluding hydrogens is 236 g/mol. The van der Waals surface area contributed by atoms with Crippen LogP contribution in [0.1, 0.15) is 20.7 Å². The molecule has 0 unspecified atom stereocenters. The number of hydrogen-bond donors (Lipinski definition) is 0. The van der Waals surface area contributed by atoms with Gasteiger partial charge in [0, 0.05) is 10.0 Å². The third kappa shape index (κ3) is 1.95. The number of aldehydes is 1. The Labute approximate surface area is 83.8 Å². The summed E-state index contributed by atoms with van der Waals surface area (Å²) >= 11 is 3.17. The molecule has 1 aromatic rings. The summed E-state index contributed by atoms with van der Waals surface area (Å²) in [7, 11) is 1.28. The van der Waals surface area contributed by atoms with Gasteiger partial charge in [-0.15, -0.1) is 0 Å². The van der Waals surface area contributed by atoms with Gasteiger partial charge in [-0.05, 0) is 12.1 Å². The van der Waals surface area contributed by atoms with Crippen molar-refractivity contribution in [1.29, 1.82) is 0 Å². The molecular formula is C9H7BrO3. The lowest BCUT2D eigenvalue weighted by molar-refractivity contribution is 0.0598. The molecule has 1 aromatic carbocycles. The first-order valence-electron chi connectivity index (χ1n) is 3.52. The van der Waals surface area contributed by atoms with Gasteiger partial charge in [-0.25, -0.2) is 4.79 Å². The summed E-state index contributed by atoms with van der Waals surface area (Å²) in [6.45, 7) is 0. The summed E-state index contributed by atoms with van der Waals surface area (Å²) in [5.74, 6) is -0.511. The van der Waals surface area contributed by atoms with E-state index in [1.807, 2.05) is 0 Å². The van der Waals surface area contributed by atoms with E-state index < -0.39 is 5.97 Å². The highest BCUT2D eigenvalue weighted by molar-refractivity contribution is 9.10. The van der Waals surface area contributed by atoms with Crippen LogP contribution in [0.25, 0.3) is 0 Å². The van der Waals surface area contributed by atoms with E-state index in [-0.39, 0.29) is 5.56 Å². The third-order valence-electron chi connectivity index (χ3n) is 1.58. The Hall–Kier alpha value is -1.16. The largest absolute Gasteiger partial charge is 0.465 e. The highest BCUT2D eigenvalue weighted by Gasteiger charge is 2.12. The van der Waals surface area contributed by atoms with Crippen LogP contribution in [0.4, 0.5) is 0 Å². The van der Waals surface area contributed by atoms with Crippen LogP contribution in [0, 0.1) is 0 Å². The van der Waals surface area contributed by atoms with Crippen LogP contribution in [0.15, 0.2) is 22.7 Å². The Morgan fingerprint density at radius 1 is 1.54 bits per heavy atom. The van der Waals surface area contributed by atoms with Crippen LogP contribution in [-0.2, 0) is 4.74 Å². The van der Waals surface area contributed by atoms with Crippen LogP contribution in [-0.4, -0.2) is 19.4 Å². The minimum Gasteiger partial charge on any atom is -0.465 e. The molecule has 0 radical (unpaired) electrons. The zero-order valence-electron chi connectivity index (χ0n) is 6.91. The standard InChI is InChI=1S/C9H7BrO3/c1-13-9(12)6-3-2-4-8(10)7(6)5-11/h2-5H,1H3. The van der Waals surface area contributed by atoms with Gasteiger partial charge in [-0.2, -0.15) is 0 Å². The van der Waals surface area contributed by atoms with Crippen LogP contribution >= 0.6 is 15.9 Å². The molecule has 68 valence electrons. The van der Waals surface area contributed by atoms with Gasteiger partial charge >= 0.3 is 5.97 Å². The Balaban J connectivity index is 3.28. The predicted molar refractivity (Wildman–Crippen MR) is 50.9 cm³/mol. The average Bonchev–Trinajstić information content (AvgIpc) is 2.16. The van der Waals surface area contributed by atoms with Gasteiger partial charge in [-0.3, -0.25) is 4.79 Å². The molecule has 0 aliphatic rings. The second-order valence-corrected chi connectivity index (χ2v) is 3.16. The summed E-state index contributed by atoms with van der Waals surface area (Å²) in [6.07, 6.45) is 0.621. The first-order valence-corrected chi connectivity index (χ1v) is 4.32. The Bertz CT molecular complexity index is 347. The highest BCUT2D eigenvalue weighted by atomic mass is 79.9. The maximum atomic E-state index is 11.1. The molecule has 0 amide bonds. The molecule has 0 aromatic heterocycles. The predicted octanol–water partition coefficient (Wildman–Crippen LogP) is 2.05. The van der Waals surface area contributed by atoms with E-state index in [2.05, 4.69) is 20.7 Å². The number of benzene rings is 1. The molecule has 0 bridgehead atoms. The number of carbonyl (C=O) groups excluding carboxylic acids is 2. The molecule has 0 fully saturated rings. The lowest BCUT2D eigenvalue weighted by atomic mass is 10.1. The van der Waals surface area contributed by atoms with Crippen molar-refractivity contribution >= 4 is 28.2 Å². The number of rotatable bonds is 2. The number of ether oxygens (including phenoxy) is 1. The molecule has 3 nitrogen and oxygen atoms in total. The number of hydrogen-bond acceptors (Lipinski definition) is 3. The summed E-state index contributed by atoms with van der Waals surface area (Å²) in [5, 5.41) is 0. The zero-order valence-corrected chi connectivity index (χ0v) is 8.50. The first kappa shape index (κ1) is 9.92. The van der Waals surface area contributed by atoms with Gasteiger partial charge in [0.2, 0.25) is 0 Å². The van der Waals surface area contributed by atoms with Crippen molar-refractivity contribution in [3.63, 3.8) is 0 Å². The number of carbonyl (C=O) groups is 2. The average molecular weight is 243 g/mol. The second kappa shape index (κ2) is 4.18. The van der Waals surface area contributed by atoms with Crippen LogP contribution in [0.2, 0.25) is 0 Å². The first-order chi connectivity index (χ1) is 6.20. The van der Waals surface area contributed by atoms with Gasteiger partial charge in [0.15, 0.2) is 6.29 Å². The Morgan fingerprint density at radius 2 is 2.23 bits per heavy atom. The van der Waals surface area contributed by atoms with Crippen molar-refractivity contribution in [3.05, 3.63) is 33.8 Å². The van der Waals surface area contributed by atoms with Crippen molar-refractivity contribution in [2.75, 3.05) is 7.11 Å². The Morgan fingerprint density at radius 3 is 2.77 bits per heavy atom. The molecule has 1 rings (SSSR count). The molecule has 0 aliphatic carbocycles. The van der Waals surface area contributed by atoms with E-state index in [1.165, 1.54) is 7.11 Å². The fourth-order valence-corrected chi connectivity index (χ4v) is 1.40. The van der Waals surface area contributed by atoms with Crippen LogP contribution < -0.4 is 0 Å². The lowest BCUT2D eigenvalue weighted by Gasteiger charge is -2.03. The van der Waals surface area contributed by atoms with E-state index in [0.717, 1.165) is 0 Å². The van der Waals surface area contributed by atoms with Crippen LogP contribution in [0.5, 0.6) is 0 Å². The van der Waals surface area contributed by atoms with Gasteiger partial charge < -0.3 is 4.74 Å². The van der Waals surface area contributed by atoms with E-state index in [4.69, 9.17) is 0 Å². The normalized spacial score (nSPS) is 9.38.